The first-order valence-corrected chi connectivity index (χ1v) is 6.89. The first-order chi connectivity index (χ1) is 8.76. The van der Waals surface area contributed by atoms with Crippen molar-refractivity contribution in [1.29, 1.82) is 0 Å². The van der Waals surface area contributed by atoms with Crippen molar-refractivity contribution in [3.63, 3.8) is 0 Å². The van der Waals surface area contributed by atoms with E-state index < -0.39 is 5.60 Å². The number of carbonyl (C=O) groups is 1. The number of hydrogen-bond acceptors (Lipinski definition) is 3. The average Bonchev–Trinajstić information content (AvgIpc) is 2.41. The normalized spacial score (nSPS) is 22.7. The van der Waals surface area contributed by atoms with Crippen molar-refractivity contribution in [1.82, 2.24) is 0 Å². The van der Waals surface area contributed by atoms with Gasteiger partial charge in [0.05, 0.1) is 6.61 Å². The van der Waals surface area contributed by atoms with E-state index in [1.54, 1.807) is 0 Å². The quantitative estimate of drug-likeness (QED) is 0.466. The van der Waals surface area contributed by atoms with Crippen LogP contribution in [0.4, 0.5) is 0 Å². The molecule has 0 saturated carbocycles. The molecule has 102 valence electrons. The minimum atomic E-state index is -0.771. The molecule has 0 aromatic rings. The van der Waals surface area contributed by atoms with Crippen molar-refractivity contribution in [3.05, 3.63) is 24.0 Å². The molecule has 0 heterocycles. The smallest absolute Gasteiger partial charge is 0.156 e. The van der Waals surface area contributed by atoms with Gasteiger partial charge in [-0.2, -0.15) is 0 Å². The number of hydrogen-bond donors (Lipinski definition) is 0. The summed E-state index contributed by atoms with van der Waals surface area (Å²) >= 11 is 0. The second-order valence-electron chi connectivity index (χ2n) is 4.62. The zero-order valence-electron chi connectivity index (χ0n) is 11.5. The summed E-state index contributed by atoms with van der Waals surface area (Å²) in [6, 6.07) is 0. The van der Waals surface area contributed by atoms with Gasteiger partial charge in [-0.25, -0.2) is 0 Å². The van der Waals surface area contributed by atoms with Gasteiger partial charge in [-0.05, 0) is 31.1 Å². The molecule has 3 nitrogen and oxygen atoms in total. The summed E-state index contributed by atoms with van der Waals surface area (Å²) in [7, 11) is 0. The van der Waals surface area contributed by atoms with Crippen LogP contribution in [-0.4, -0.2) is 25.1 Å². The first-order valence-electron chi connectivity index (χ1n) is 6.89. The Labute approximate surface area is 110 Å². The molecular formula is C15H24O3. The molecule has 0 aliphatic heterocycles. The minimum Gasteiger partial charge on any atom is -0.494 e. The Morgan fingerprint density at radius 3 is 2.56 bits per heavy atom. The van der Waals surface area contributed by atoms with Crippen LogP contribution in [0.3, 0.4) is 0 Å². The summed E-state index contributed by atoms with van der Waals surface area (Å²) < 4.78 is 11.3. The highest BCUT2D eigenvalue weighted by atomic mass is 16.5. The van der Waals surface area contributed by atoms with E-state index in [1.165, 1.54) is 0 Å². The van der Waals surface area contributed by atoms with Crippen LogP contribution in [-0.2, 0) is 14.3 Å². The molecule has 0 aromatic carbocycles. The highest BCUT2D eigenvalue weighted by Crippen LogP contribution is 2.24. The molecule has 1 rings (SSSR count). The van der Waals surface area contributed by atoms with Crippen molar-refractivity contribution in [2.75, 3.05) is 13.2 Å². The van der Waals surface area contributed by atoms with Gasteiger partial charge < -0.3 is 9.47 Å². The van der Waals surface area contributed by atoms with E-state index in [1.807, 2.05) is 18.2 Å². The molecule has 1 unspecified atom stereocenters. The third-order valence-corrected chi connectivity index (χ3v) is 2.99. The Bertz CT molecular complexity index is 307. The molecule has 1 aliphatic carbocycles. The maximum Gasteiger partial charge on any atom is 0.156 e. The average molecular weight is 252 g/mol. The van der Waals surface area contributed by atoms with Gasteiger partial charge in [0, 0.05) is 13.0 Å². The lowest BCUT2D eigenvalue weighted by molar-refractivity contribution is -0.125. The highest BCUT2D eigenvalue weighted by molar-refractivity contribution is 5.67. The second kappa shape index (κ2) is 8.09. The zero-order chi connectivity index (χ0) is 13.3. The van der Waals surface area contributed by atoms with Crippen molar-refractivity contribution < 1.29 is 14.3 Å². The molecule has 0 saturated heterocycles. The summed E-state index contributed by atoms with van der Waals surface area (Å²) in [5.74, 6) is 0.847. The van der Waals surface area contributed by atoms with E-state index in [2.05, 4.69) is 13.8 Å². The van der Waals surface area contributed by atoms with Gasteiger partial charge in [-0.1, -0.05) is 26.7 Å². The largest absolute Gasteiger partial charge is 0.494 e. The number of ether oxygens (including phenoxy) is 2. The standard InChI is InChI=1S/C15H24O3/c1-3-5-11-17-14-7-9-15(13-16,10-8-14)18-12-6-4-2/h7-9,13H,3-6,10-12H2,1-2H3. The molecule has 18 heavy (non-hydrogen) atoms. The lowest BCUT2D eigenvalue weighted by Crippen LogP contribution is -2.33. The molecule has 0 radical (unpaired) electrons. The molecule has 1 atom stereocenters. The second-order valence-corrected chi connectivity index (χ2v) is 4.62. The number of carbonyl (C=O) groups excluding carboxylic acids is 1. The molecule has 0 spiro atoms. The Morgan fingerprint density at radius 1 is 1.28 bits per heavy atom. The lowest BCUT2D eigenvalue weighted by atomic mass is 9.96. The Kier molecular flexibility index (Phi) is 6.73. The van der Waals surface area contributed by atoms with Crippen LogP contribution in [0.25, 0.3) is 0 Å². The number of aldehydes is 1. The minimum absolute atomic E-state index is 0.568. The maximum atomic E-state index is 11.2. The van der Waals surface area contributed by atoms with Gasteiger partial charge in [-0.15, -0.1) is 0 Å². The summed E-state index contributed by atoms with van der Waals surface area (Å²) in [5, 5.41) is 0. The van der Waals surface area contributed by atoms with Crippen LogP contribution in [0.15, 0.2) is 24.0 Å². The molecule has 1 aliphatic rings. The van der Waals surface area contributed by atoms with Crippen LogP contribution in [0.5, 0.6) is 0 Å². The van der Waals surface area contributed by atoms with Gasteiger partial charge in [0.2, 0.25) is 0 Å². The van der Waals surface area contributed by atoms with Crippen LogP contribution in [0.2, 0.25) is 0 Å². The van der Waals surface area contributed by atoms with Crippen LogP contribution < -0.4 is 0 Å². The molecule has 0 aromatic heterocycles. The summed E-state index contributed by atoms with van der Waals surface area (Å²) in [6.45, 7) is 5.59. The predicted molar refractivity (Wildman–Crippen MR) is 72.4 cm³/mol. The van der Waals surface area contributed by atoms with E-state index in [0.29, 0.717) is 13.0 Å². The summed E-state index contributed by atoms with van der Waals surface area (Å²) in [4.78, 5) is 11.2. The molecular weight excluding hydrogens is 228 g/mol. The van der Waals surface area contributed by atoms with Gasteiger partial charge in [0.15, 0.2) is 6.29 Å². The van der Waals surface area contributed by atoms with Crippen molar-refractivity contribution in [2.24, 2.45) is 0 Å². The molecule has 0 fully saturated rings. The third kappa shape index (κ3) is 4.65. The monoisotopic (exact) mass is 252 g/mol. The highest BCUT2D eigenvalue weighted by Gasteiger charge is 2.28. The lowest BCUT2D eigenvalue weighted by Gasteiger charge is -2.26. The third-order valence-electron chi connectivity index (χ3n) is 2.99. The summed E-state index contributed by atoms with van der Waals surface area (Å²) in [5.41, 5.74) is -0.771. The topological polar surface area (TPSA) is 35.5 Å². The first kappa shape index (κ1) is 15.0. The van der Waals surface area contributed by atoms with Gasteiger partial charge >= 0.3 is 0 Å². The Hall–Kier alpha value is -1.09. The number of allylic oxidation sites excluding steroid dienone is 1. The molecule has 3 heteroatoms. The van der Waals surface area contributed by atoms with Gasteiger partial charge in [0.1, 0.15) is 11.4 Å². The van der Waals surface area contributed by atoms with Crippen LogP contribution in [0.1, 0.15) is 46.0 Å². The van der Waals surface area contributed by atoms with E-state index in [4.69, 9.17) is 9.47 Å². The molecule has 0 bridgehead atoms. The zero-order valence-corrected chi connectivity index (χ0v) is 11.5. The van der Waals surface area contributed by atoms with Crippen molar-refractivity contribution >= 4 is 6.29 Å². The fraction of sp³-hybridized carbons (Fsp3) is 0.667. The van der Waals surface area contributed by atoms with E-state index in [-0.39, 0.29) is 0 Å². The Morgan fingerprint density at radius 2 is 2.00 bits per heavy atom. The van der Waals surface area contributed by atoms with Crippen LogP contribution in [0, 0.1) is 0 Å². The molecule has 0 amide bonds. The summed E-state index contributed by atoms with van der Waals surface area (Å²) in [6.07, 6.45) is 11.3. The SMILES string of the molecule is CCCCOC1=CCC(C=O)(OCCCC)C=C1. The fourth-order valence-electron chi connectivity index (χ4n) is 1.70. The van der Waals surface area contributed by atoms with Crippen LogP contribution >= 0.6 is 0 Å². The molecule has 0 N–H and O–H groups in total. The maximum absolute atomic E-state index is 11.2. The van der Waals surface area contributed by atoms with Gasteiger partial charge in [0.25, 0.3) is 0 Å². The predicted octanol–water partition coefficient (Wildman–Crippen LogP) is 3.40. The van der Waals surface area contributed by atoms with Gasteiger partial charge in [-0.3, -0.25) is 4.79 Å². The van der Waals surface area contributed by atoms with E-state index in [9.17, 15) is 4.79 Å². The number of rotatable bonds is 9. The van der Waals surface area contributed by atoms with E-state index >= 15 is 0 Å². The number of unbranched alkanes of at least 4 members (excludes halogenated alkanes) is 2. The fourth-order valence-corrected chi connectivity index (χ4v) is 1.70. The van der Waals surface area contributed by atoms with Crippen molar-refractivity contribution in [3.8, 4) is 0 Å². The van der Waals surface area contributed by atoms with E-state index in [0.717, 1.165) is 44.3 Å². The van der Waals surface area contributed by atoms with Crippen molar-refractivity contribution in [2.45, 2.75) is 51.6 Å². The Balaban J connectivity index is 2.43.